The second kappa shape index (κ2) is 11.2. The Morgan fingerprint density at radius 1 is 1.26 bits per heavy atom. The number of imidazole rings is 1. The van der Waals surface area contributed by atoms with E-state index >= 15 is 0 Å². The van der Waals surface area contributed by atoms with Crippen LogP contribution in [0.3, 0.4) is 0 Å². The van der Waals surface area contributed by atoms with Crippen LogP contribution in [-0.2, 0) is 15.9 Å². The summed E-state index contributed by atoms with van der Waals surface area (Å²) < 4.78 is 13.7. The van der Waals surface area contributed by atoms with Crippen LogP contribution in [0.15, 0.2) is 28.9 Å². The molecule has 0 atom stereocenters. The van der Waals surface area contributed by atoms with Crippen molar-refractivity contribution >= 4 is 24.2 Å². The minimum atomic E-state index is -0.507. The van der Waals surface area contributed by atoms with E-state index in [2.05, 4.69) is 21.5 Å². The number of aromatic nitrogens is 2. The van der Waals surface area contributed by atoms with Crippen LogP contribution >= 0.6 is 0 Å². The van der Waals surface area contributed by atoms with Crippen LogP contribution in [0.25, 0.3) is 6.08 Å². The number of nitrogens with zero attached hydrogens (tertiary/aromatic N) is 6. The maximum Gasteiger partial charge on any atom is 0.410 e. The van der Waals surface area contributed by atoms with Gasteiger partial charge in [0.05, 0.1) is 30.1 Å². The Labute approximate surface area is 209 Å². The molecule has 0 radical (unpaired) electrons. The molecule has 35 heavy (non-hydrogen) atoms. The first kappa shape index (κ1) is 26.7. The number of aryl methyl sites for hydroxylation is 1. The van der Waals surface area contributed by atoms with Crippen molar-refractivity contribution in [2.75, 3.05) is 32.8 Å². The summed E-state index contributed by atoms with van der Waals surface area (Å²) in [5.41, 5.74) is 1.10. The van der Waals surface area contributed by atoms with Crippen LogP contribution in [0, 0.1) is 6.92 Å². The van der Waals surface area contributed by atoms with Gasteiger partial charge in [-0.2, -0.15) is 5.10 Å². The number of aliphatic imine (C=N–C) groups is 1. The summed E-state index contributed by atoms with van der Waals surface area (Å²) in [4.78, 5) is 25.4. The number of amides is 1. The summed E-state index contributed by atoms with van der Waals surface area (Å²) >= 11 is 0. The number of carbonyl (C=O) groups is 1. The summed E-state index contributed by atoms with van der Waals surface area (Å²) in [6.07, 6.45) is 9.33. The number of carbonyl (C=O) groups excluding carboxylic acids is 1. The first-order chi connectivity index (χ1) is 16.6. The fourth-order valence-electron chi connectivity index (χ4n) is 4.44. The van der Waals surface area contributed by atoms with E-state index < -0.39 is 5.60 Å². The second-order valence-corrected chi connectivity index (χ2v) is 10.1. The van der Waals surface area contributed by atoms with E-state index in [-0.39, 0.29) is 11.7 Å². The van der Waals surface area contributed by atoms with Crippen LogP contribution in [0.2, 0.25) is 0 Å². The minimum Gasteiger partial charge on any atom is -0.444 e. The molecule has 0 aromatic carbocycles. The molecular formula is C26H40N6O3. The highest BCUT2D eigenvalue weighted by molar-refractivity contribution is 5.80. The molecule has 3 rings (SSSR count). The number of piperidine rings is 1. The van der Waals surface area contributed by atoms with Crippen LogP contribution < -0.4 is 0 Å². The molecule has 2 aliphatic rings. The Bertz CT molecular complexity index is 993. The Morgan fingerprint density at radius 2 is 1.97 bits per heavy atom. The van der Waals surface area contributed by atoms with Crippen molar-refractivity contribution in [1.82, 2.24) is 19.5 Å². The third kappa shape index (κ3) is 6.81. The van der Waals surface area contributed by atoms with Crippen molar-refractivity contribution in [3.8, 4) is 0 Å². The van der Waals surface area contributed by atoms with Crippen molar-refractivity contribution in [2.24, 2.45) is 10.1 Å². The van der Waals surface area contributed by atoms with Crippen molar-refractivity contribution in [3.05, 3.63) is 36.1 Å². The largest absolute Gasteiger partial charge is 0.444 e. The summed E-state index contributed by atoms with van der Waals surface area (Å²) in [6.45, 7) is 18.7. The van der Waals surface area contributed by atoms with E-state index in [0.717, 1.165) is 49.0 Å². The van der Waals surface area contributed by atoms with Gasteiger partial charge in [-0.3, -0.25) is 4.99 Å². The predicted octanol–water partition coefficient (Wildman–Crippen LogP) is 4.26. The zero-order chi connectivity index (χ0) is 25.6. The summed E-state index contributed by atoms with van der Waals surface area (Å²) in [5.74, 6) is 1.64. The van der Waals surface area contributed by atoms with Crippen LogP contribution in [0.4, 0.5) is 4.79 Å². The minimum absolute atomic E-state index is 0.265. The van der Waals surface area contributed by atoms with Crippen LogP contribution in [0.5, 0.6) is 0 Å². The number of hydrogen-bond acceptors (Lipinski definition) is 6. The third-order valence-corrected chi connectivity index (χ3v) is 6.28. The van der Waals surface area contributed by atoms with Crippen molar-refractivity contribution in [3.63, 3.8) is 0 Å². The molecular weight excluding hydrogens is 444 g/mol. The van der Waals surface area contributed by atoms with Gasteiger partial charge in [-0.05, 0) is 60.5 Å². The molecule has 192 valence electrons. The van der Waals surface area contributed by atoms with Gasteiger partial charge in [0, 0.05) is 38.5 Å². The average molecular weight is 485 g/mol. The topological polar surface area (TPSA) is 84.6 Å². The van der Waals surface area contributed by atoms with Gasteiger partial charge < -0.3 is 19.3 Å². The standard InChI is InChI=1S/C26H40N6O3/c1-8-23-28-20(3)22(11-10-14-27-9-2)32(23)29-21(4)30-15-12-26(13-16-30)19-31(17-18-34-26)24(33)35-25(5,6)7/h8-10,14H,1,11-13,15-19H2,2-7H3/b14-10-,27-9?,29-21+. The Morgan fingerprint density at radius 3 is 2.60 bits per heavy atom. The highest BCUT2D eigenvalue weighted by Gasteiger charge is 2.42. The number of ether oxygens (including phenoxy) is 2. The lowest BCUT2D eigenvalue weighted by atomic mass is 9.89. The summed E-state index contributed by atoms with van der Waals surface area (Å²) in [7, 11) is 0. The quantitative estimate of drug-likeness (QED) is 0.460. The van der Waals surface area contributed by atoms with Gasteiger partial charge in [0.15, 0.2) is 5.82 Å². The smallest absolute Gasteiger partial charge is 0.410 e. The molecule has 0 bridgehead atoms. The summed E-state index contributed by atoms with van der Waals surface area (Å²) in [5, 5.41) is 4.92. The molecule has 0 saturated carbocycles. The molecule has 9 nitrogen and oxygen atoms in total. The Hall–Kier alpha value is -2.94. The maximum absolute atomic E-state index is 12.6. The van der Waals surface area contributed by atoms with E-state index in [1.54, 1.807) is 23.4 Å². The molecule has 1 spiro atoms. The lowest BCUT2D eigenvalue weighted by molar-refractivity contribution is -0.128. The number of amidine groups is 1. The first-order valence-electron chi connectivity index (χ1n) is 12.3. The van der Waals surface area contributed by atoms with Gasteiger partial charge in [0.25, 0.3) is 0 Å². The van der Waals surface area contributed by atoms with E-state index in [9.17, 15) is 4.79 Å². The first-order valence-corrected chi connectivity index (χ1v) is 12.3. The van der Waals surface area contributed by atoms with Crippen molar-refractivity contribution in [2.45, 2.75) is 72.0 Å². The van der Waals surface area contributed by atoms with Gasteiger partial charge in [-0.15, -0.1) is 0 Å². The average Bonchev–Trinajstić information content (AvgIpc) is 3.10. The van der Waals surface area contributed by atoms with E-state index in [4.69, 9.17) is 14.6 Å². The lowest BCUT2D eigenvalue weighted by Crippen LogP contribution is -2.59. The van der Waals surface area contributed by atoms with Gasteiger partial charge in [0.1, 0.15) is 11.4 Å². The fourth-order valence-corrected chi connectivity index (χ4v) is 4.44. The Kier molecular flexibility index (Phi) is 8.53. The van der Waals surface area contributed by atoms with Gasteiger partial charge in [0.2, 0.25) is 0 Å². The highest BCUT2D eigenvalue weighted by atomic mass is 16.6. The number of hydrogen-bond donors (Lipinski definition) is 0. The predicted molar refractivity (Wildman–Crippen MR) is 140 cm³/mol. The molecule has 0 aliphatic carbocycles. The zero-order valence-corrected chi connectivity index (χ0v) is 22.1. The molecule has 2 fully saturated rings. The van der Waals surface area contributed by atoms with E-state index in [1.165, 1.54) is 0 Å². The molecule has 1 aromatic rings. The van der Waals surface area contributed by atoms with Crippen LogP contribution in [-0.4, -0.2) is 81.6 Å². The maximum atomic E-state index is 12.6. The molecule has 2 aliphatic heterocycles. The fraction of sp³-hybridized carbons (Fsp3) is 0.615. The normalized spacial score (nSPS) is 19.2. The van der Waals surface area contributed by atoms with Gasteiger partial charge in [-0.1, -0.05) is 12.7 Å². The molecule has 9 heteroatoms. The SMILES string of the molecule is C=Cc1nc(C)c(C/C=C\N=CC)n1/N=C(\C)N1CCC2(CC1)CN(C(=O)OC(C)(C)C)CCO2. The summed E-state index contributed by atoms with van der Waals surface area (Å²) in [6, 6.07) is 0. The zero-order valence-electron chi connectivity index (χ0n) is 22.1. The molecule has 0 unspecified atom stereocenters. The lowest BCUT2D eigenvalue weighted by Gasteiger charge is -2.47. The molecule has 2 saturated heterocycles. The monoisotopic (exact) mass is 484 g/mol. The van der Waals surface area contributed by atoms with Gasteiger partial charge in [-0.25, -0.2) is 14.5 Å². The van der Waals surface area contributed by atoms with E-state index in [1.807, 2.05) is 52.3 Å². The number of morpholine rings is 1. The second-order valence-electron chi connectivity index (χ2n) is 10.1. The van der Waals surface area contributed by atoms with Crippen molar-refractivity contribution in [1.29, 1.82) is 0 Å². The van der Waals surface area contributed by atoms with Gasteiger partial charge >= 0.3 is 6.09 Å². The highest BCUT2D eigenvalue weighted by Crippen LogP contribution is 2.31. The molecule has 0 N–H and O–H groups in total. The van der Waals surface area contributed by atoms with Crippen molar-refractivity contribution < 1.29 is 14.3 Å². The van der Waals surface area contributed by atoms with Crippen LogP contribution in [0.1, 0.15) is 64.7 Å². The molecule has 1 amide bonds. The van der Waals surface area contributed by atoms with E-state index in [0.29, 0.717) is 26.1 Å². The number of allylic oxidation sites excluding steroid dienone is 1. The molecule has 3 heterocycles. The molecule has 1 aromatic heterocycles. The third-order valence-electron chi connectivity index (χ3n) is 6.28. The number of rotatable bonds is 5. The number of likely N-dealkylation sites (tertiary alicyclic amines) is 1. The Balaban J connectivity index is 1.69.